The number of ether oxygens (including phenoxy) is 3. The minimum absolute atomic E-state index is 0.0135. The van der Waals surface area contributed by atoms with Crippen molar-refractivity contribution in [2.45, 2.75) is 25.9 Å². The van der Waals surface area contributed by atoms with Gasteiger partial charge in [-0.15, -0.1) is 0 Å². The number of halogens is 1. The molecule has 1 atom stereocenters. The van der Waals surface area contributed by atoms with Gasteiger partial charge in [0.2, 0.25) is 6.79 Å². The summed E-state index contributed by atoms with van der Waals surface area (Å²) in [5.41, 5.74) is 1.86. The summed E-state index contributed by atoms with van der Waals surface area (Å²) in [6.07, 6.45) is 3.03. The summed E-state index contributed by atoms with van der Waals surface area (Å²) in [5, 5.41) is 7.23. The lowest BCUT2D eigenvalue weighted by Gasteiger charge is -2.09. The molecule has 12 heteroatoms. The first-order chi connectivity index (χ1) is 15.7. The van der Waals surface area contributed by atoms with Crippen LogP contribution in [0.15, 0.2) is 24.3 Å². The van der Waals surface area contributed by atoms with Crippen LogP contribution in [-0.2, 0) is 30.7 Å². The minimum Gasteiger partial charge on any atom is -0.454 e. The van der Waals surface area contributed by atoms with Gasteiger partial charge in [-0.2, -0.15) is 5.10 Å². The van der Waals surface area contributed by atoms with Gasteiger partial charge in [-0.3, -0.25) is 4.79 Å². The van der Waals surface area contributed by atoms with Crippen LogP contribution in [0, 0.1) is 6.92 Å². The molecule has 2 aliphatic rings. The summed E-state index contributed by atoms with van der Waals surface area (Å²) in [6, 6.07) is 5.00. The number of aryl methyl sites for hydroxylation is 1. The van der Waals surface area contributed by atoms with Gasteiger partial charge in [0.25, 0.3) is 5.91 Å². The molecule has 176 valence electrons. The number of nitrogens with one attached hydrogen (secondary N) is 1. The van der Waals surface area contributed by atoms with Crippen LogP contribution in [0.3, 0.4) is 0 Å². The highest BCUT2D eigenvalue weighted by Gasteiger charge is 2.31. The number of rotatable bonds is 7. The third-order valence-electron chi connectivity index (χ3n) is 5.28. The van der Waals surface area contributed by atoms with Gasteiger partial charge in [0.15, 0.2) is 27.9 Å². The monoisotopic (exact) mass is 495 g/mol. The molecule has 1 amide bonds. The number of amides is 1. The van der Waals surface area contributed by atoms with Gasteiger partial charge in [0.05, 0.1) is 23.2 Å². The highest BCUT2D eigenvalue weighted by Crippen LogP contribution is 2.32. The molecule has 10 nitrogen and oxygen atoms in total. The van der Waals surface area contributed by atoms with Crippen molar-refractivity contribution in [1.82, 2.24) is 15.1 Å². The third kappa shape index (κ3) is 5.48. The van der Waals surface area contributed by atoms with Gasteiger partial charge in [-0.05, 0) is 37.1 Å². The number of hydrogen-bond acceptors (Lipinski definition) is 8. The molecule has 1 aromatic heterocycles. The smallest absolute Gasteiger partial charge is 0.331 e. The SMILES string of the molecule is Cc1nn([C@H]2CCS(=O)(=O)C2)c(Cl)c1/C=C/C(=O)OCC(=O)NCc1ccc2c(c1)OCO2. The molecule has 4 rings (SSSR count). The summed E-state index contributed by atoms with van der Waals surface area (Å²) in [4.78, 5) is 24.0. The zero-order valence-corrected chi connectivity index (χ0v) is 19.3. The highest BCUT2D eigenvalue weighted by molar-refractivity contribution is 7.91. The molecule has 0 aliphatic carbocycles. The van der Waals surface area contributed by atoms with Crippen molar-refractivity contribution in [2.75, 3.05) is 24.9 Å². The molecule has 2 aliphatic heterocycles. The molecule has 1 saturated heterocycles. The van der Waals surface area contributed by atoms with Crippen molar-refractivity contribution in [2.24, 2.45) is 0 Å². The average molecular weight is 496 g/mol. The van der Waals surface area contributed by atoms with E-state index in [4.69, 9.17) is 25.8 Å². The van der Waals surface area contributed by atoms with Gasteiger partial charge in [0, 0.05) is 18.2 Å². The maximum atomic E-state index is 12.0. The van der Waals surface area contributed by atoms with Gasteiger partial charge in [-0.25, -0.2) is 17.9 Å². The van der Waals surface area contributed by atoms with E-state index in [1.165, 1.54) is 10.8 Å². The first kappa shape index (κ1) is 23.1. The predicted molar refractivity (Wildman–Crippen MR) is 119 cm³/mol. The normalized spacial score (nSPS) is 18.5. The van der Waals surface area contributed by atoms with Crippen LogP contribution in [0.1, 0.15) is 29.3 Å². The van der Waals surface area contributed by atoms with E-state index in [1.807, 2.05) is 0 Å². The number of hydrogen-bond donors (Lipinski definition) is 1. The Morgan fingerprint density at radius 1 is 1.33 bits per heavy atom. The minimum atomic E-state index is -3.09. The van der Waals surface area contributed by atoms with E-state index in [1.54, 1.807) is 25.1 Å². The Morgan fingerprint density at radius 2 is 2.12 bits per heavy atom. The Morgan fingerprint density at radius 3 is 2.88 bits per heavy atom. The summed E-state index contributed by atoms with van der Waals surface area (Å²) in [6.45, 7) is 1.68. The third-order valence-corrected chi connectivity index (χ3v) is 7.41. The molecule has 0 radical (unpaired) electrons. The van der Waals surface area contributed by atoms with Crippen molar-refractivity contribution in [3.63, 3.8) is 0 Å². The Bertz CT molecular complexity index is 1220. The average Bonchev–Trinajstić information content (AvgIpc) is 3.46. The van der Waals surface area contributed by atoms with Crippen molar-refractivity contribution in [1.29, 1.82) is 0 Å². The summed E-state index contributed by atoms with van der Waals surface area (Å²) in [5.74, 6) is 0.172. The molecule has 1 N–H and O–H groups in total. The number of aromatic nitrogens is 2. The number of carbonyl (C=O) groups is 2. The van der Waals surface area contributed by atoms with Gasteiger partial charge >= 0.3 is 5.97 Å². The zero-order chi connectivity index (χ0) is 23.6. The van der Waals surface area contributed by atoms with E-state index < -0.39 is 28.3 Å². The van der Waals surface area contributed by atoms with Gasteiger partial charge < -0.3 is 19.5 Å². The lowest BCUT2D eigenvalue weighted by atomic mass is 10.2. The number of carbonyl (C=O) groups excluding carboxylic acids is 2. The number of fused-ring (bicyclic) bond motifs is 1. The summed E-state index contributed by atoms with van der Waals surface area (Å²) < 4.78 is 40.4. The second kappa shape index (κ2) is 9.44. The van der Waals surface area contributed by atoms with Crippen LogP contribution in [0.4, 0.5) is 0 Å². The molecule has 0 spiro atoms. The topological polar surface area (TPSA) is 126 Å². The fourth-order valence-corrected chi connectivity index (χ4v) is 5.64. The molecule has 1 fully saturated rings. The number of sulfone groups is 1. The molecule has 0 unspecified atom stereocenters. The van der Waals surface area contributed by atoms with E-state index in [0.29, 0.717) is 29.2 Å². The van der Waals surface area contributed by atoms with Crippen LogP contribution in [-0.4, -0.2) is 55.0 Å². The first-order valence-electron chi connectivity index (χ1n) is 10.2. The van der Waals surface area contributed by atoms with E-state index in [-0.39, 0.29) is 36.0 Å². The lowest BCUT2D eigenvalue weighted by molar-refractivity contribution is -0.143. The van der Waals surface area contributed by atoms with E-state index in [2.05, 4.69) is 10.4 Å². The summed E-state index contributed by atoms with van der Waals surface area (Å²) in [7, 11) is -3.09. The number of esters is 1. The van der Waals surface area contributed by atoms with Crippen LogP contribution in [0.25, 0.3) is 6.08 Å². The number of nitrogens with zero attached hydrogens (tertiary/aromatic N) is 2. The Kier molecular flexibility index (Phi) is 6.61. The fraction of sp³-hybridized carbons (Fsp3) is 0.381. The van der Waals surface area contributed by atoms with Crippen molar-refractivity contribution < 1.29 is 32.2 Å². The second-order valence-corrected chi connectivity index (χ2v) is 10.3. The van der Waals surface area contributed by atoms with E-state index >= 15 is 0 Å². The molecule has 2 aromatic rings. The van der Waals surface area contributed by atoms with Crippen LogP contribution >= 0.6 is 11.6 Å². The molecule has 0 bridgehead atoms. The number of benzene rings is 1. The Labute approximate surface area is 195 Å². The molecule has 0 saturated carbocycles. The standard InChI is InChI=1S/C21H22ClN3O7S/c1-13-16(21(22)25(24-13)15-6-7-33(28,29)11-15)3-5-20(27)30-10-19(26)23-9-14-2-4-17-18(8-14)32-12-31-17/h2-5,8,15H,6-7,9-12H2,1H3,(H,23,26)/b5-3+/t15-/m0/s1. The van der Waals surface area contributed by atoms with Crippen molar-refractivity contribution >= 4 is 39.4 Å². The quantitative estimate of drug-likeness (QED) is 0.455. The van der Waals surface area contributed by atoms with Crippen molar-refractivity contribution in [3.8, 4) is 11.5 Å². The molecule has 1 aromatic carbocycles. The Balaban J connectivity index is 1.27. The van der Waals surface area contributed by atoms with Crippen LogP contribution in [0.2, 0.25) is 5.15 Å². The van der Waals surface area contributed by atoms with E-state index in [0.717, 1.165) is 11.6 Å². The van der Waals surface area contributed by atoms with Gasteiger partial charge in [0.1, 0.15) is 5.15 Å². The van der Waals surface area contributed by atoms with Crippen LogP contribution in [0.5, 0.6) is 11.5 Å². The second-order valence-electron chi connectivity index (χ2n) is 7.70. The maximum Gasteiger partial charge on any atom is 0.331 e. The predicted octanol–water partition coefficient (Wildman–Crippen LogP) is 1.81. The lowest BCUT2D eigenvalue weighted by Crippen LogP contribution is -2.28. The van der Waals surface area contributed by atoms with Crippen molar-refractivity contribution in [3.05, 3.63) is 46.2 Å². The zero-order valence-electron chi connectivity index (χ0n) is 17.7. The Hall–Kier alpha value is -3.05. The first-order valence-corrected chi connectivity index (χ1v) is 12.4. The molecular weight excluding hydrogens is 474 g/mol. The molecular formula is C21H22ClN3O7S. The maximum absolute atomic E-state index is 12.0. The highest BCUT2D eigenvalue weighted by atomic mass is 35.5. The summed E-state index contributed by atoms with van der Waals surface area (Å²) >= 11 is 6.37. The fourth-order valence-electron chi connectivity index (χ4n) is 3.57. The van der Waals surface area contributed by atoms with Gasteiger partial charge in [-0.1, -0.05) is 17.7 Å². The van der Waals surface area contributed by atoms with Crippen LogP contribution < -0.4 is 14.8 Å². The molecule has 33 heavy (non-hydrogen) atoms. The van der Waals surface area contributed by atoms with E-state index in [9.17, 15) is 18.0 Å². The molecule has 3 heterocycles. The largest absolute Gasteiger partial charge is 0.454 e.